The molecule has 0 spiro atoms. The van der Waals surface area contributed by atoms with Crippen LogP contribution in [0.2, 0.25) is 5.02 Å². The summed E-state index contributed by atoms with van der Waals surface area (Å²) in [5.41, 5.74) is 5.43. The Morgan fingerprint density at radius 1 is 1.24 bits per heavy atom. The van der Waals surface area contributed by atoms with Crippen LogP contribution >= 0.6 is 22.9 Å². The molecular weight excluding hydrogens is 416 g/mol. The zero-order valence-corrected chi connectivity index (χ0v) is 17.2. The van der Waals surface area contributed by atoms with E-state index in [9.17, 15) is 9.59 Å². The fourth-order valence-corrected chi connectivity index (χ4v) is 3.67. The minimum atomic E-state index is -0.649. The van der Waals surface area contributed by atoms with Crippen molar-refractivity contribution in [1.82, 2.24) is 4.90 Å². The van der Waals surface area contributed by atoms with Crippen LogP contribution in [-0.4, -0.2) is 30.4 Å². The zero-order valence-electron chi connectivity index (χ0n) is 15.6. The topological polar surface area (TPSA) is 95.0 Å². The van der Waals surface area contributed by atoms with Crippen LogP contribution in [0.4, 0.5) is 0 Å². The number of hydrogen-bond donors (Lipinski definition) is 1. The van der Waals surface area contributed by atoms with Crippen molar-refractivity contribution in [3.63, 3.8) is 0 Å². The molecule has 3 aromatic rings. The second kappa shape index (κ2) is 9.49. The molecule has 1 aromatic carbocycles. The number of carbonyl (C=O) groups is 2. The summed E-state index contributed by atoms with van der Waals surface area (Å²) < 4.78 is 16.0. The van der Waals surface area contributed by atoms with Gasteiger partial charge in [-0.25, -0.2) is 0 Å². The monoisotopic (exact) mass is 434 g/mol. The lowest BCUT2D eigenvalue weighted by Gasteiger charge is -2.22. The Kier molecular flexibility index (Phi) is 6.79. The number of hydrogen-bond acceptors (Lipinski definition) is 6. The average Bonchev–Trinajstić information content (AvgIpc) is 3.39. The summed E-state index contributed by atoms with van der Waals surface area (Å²) in [5.74, 6) is 0.145. The maximum Gasteiger partial charge on any atom is 0.255 e. The highest BCUT2D eigenvalue weighted by Crippen LogP contribution is 2.37. The second-order valence-electron chi connectivity index (χ2n) is 6.06. The molecule has 0 radical (unpaired) electrons. The van der Waals surface area contributed by atoms with Crippen LogP contribution in [0.3, 0.4) is 0 Å². The number of amides is 2. The Labute approximate surface area is 176 Å². The lowest BCUT2D eigenvalue weighted by atomic mass is 10.1. The molecule has 29 heavy (non-hydrogen) atoms. The van der Waals surface area contributed by atoms with E-state index in [2.05, 4.69) is 0 Å². The SMILES string of the molecule is COc1cc(C(=O)N(Cc2ccco2)Cc2cccs2)cc(Cl)c1OCC(N)=O. The first-order valence-electron chi connectivity index (χ1n) is 8.60. The number of nitrogens with two attached hydrogens (primary N) is 1. The summed E-state index contributed by atoms with van der Waals surface area (Å²) in [6.45, 7) is 0.354. The largest absolute Gasteiger partial charge is 0.493 e. The zero-order chi connectivity index (χ0) is 20.8. The number of rotatable bonds is 9. The summed E-state index contributed by atoms with van der Waals surface area (Å²) in [5, 5.41) is 2.10. The number of thiophene rings is 1. The van der Waals surface area contributed by atoms with Crippen LogP contribution in [0.15, 0.2) is 52.5 Å². The Morgan fingerprint density at radius 3 is 2.69 bits per heavy atom. The number of nitrogens with zero attached hydrogens (tertiary/aromatic N) is 1. The maximum absolute atomic E-state index is 13.3. The minimum absolute atomic E-state index is 0.142. The van der Waals surface area contributed by atoms with E-state index in [0.29, 0.717) is 24.4 Å². The van der Waals surface area contributed by atoms with Gasteiger partial charge < -0.3 is 24.5 Å². The molecule has 0 aliphatic carbocycles. The molecule has 0 unspecified atom stereocenters. The van der Waals surface area contributed by atoms with Crippen LogP contribution in [0.25, 0.3) is 0 Å². The summed E-state index contributed by atoms with van der Waals surface area (Å²) in [4.78, 5) is 26.9. The molecule has 2 amide bonds. The first-order valence-corrected chi connectivity index (χ1v) is 9.86. The molecule has 3 rings (SSSR count). The molecule has 0 fully saturated rings. The molecule has 0 atom stereocenters. The number of ether oxygens (including phenoxy) is 2. The van der Waals surface area contributed by atoms with Gasteiger partial charge in [-0.3, -0.25) is 9.59 Å². The Balaban J connectivity index is 1.89. The molecule has 0 bridgehead atoms. The average molecular weight is 435 g/mol. The van der Waals surface area contributed by atoms with Gasteiger partial charge in [-0.2, -0.15) is 0 Å². The molecule has 2 aromatic heterocycles. The van der Waals surface area contributed by atoms with E-state index >= 15 is 0 Å². The van der Waals surface area contributed by atoms with Gasteiger partial charge in [0.05, 0.1) is 31.5 Å². The third-order valence-corrected chi connectivity index (χ3v) is 5.12. The number of halogens is 1. The van der Waals surface area contributed by atoms with Gasteiger partial charge in [-0.15, -0.1) is 11.3 Å². The summed E-state index contributed by atoms with van der Waals surface area (Å²) in [7, 11) is 1.42. The molecule has 9 heteroatoms. The van der Waals surface area contributed by atoms with E-state index in [-0.39, 0.29) is 29.0 Å². The number of methoxy groups -OCH3 is 1. The molecule has 0 saturated heterocycles. The third-order valence-electron chi connectivity index (χ3n) is 3.98. The van der Waals surface area contributed by atoms with Gasteiger partial charge in [0.1, 0.15) is 5.76 Å². The Hall–Kier alpha value is -2.97. The predicted octanol–water partition coefficient (Wildman–Crippen LogP) is 3.71. The van der Waals surface area contributed by atoms with Gasteiger partial charge in [0, 0.05) is 10.4 Å². The minimum Gasteiger partial charge on any atom is -0.493 e. The smallest absolute Gasteiger partial charge is 0.255 e. The van der Waals surface area contributed by atoms with E-state index in [1.807, 2.05) is 23.6 Å². The fraction of sp³-hybridized carbons (Fsp3) is 0.200. The molecule has 7 nitrogen and oxygen atoms in total. The van der Waals surface area contributed by atoms with Crippen molar-refractivity contribution in [1.29, 1.82) is 0 Å². The van der Waals surface area contributed by atoms with Gasteiger partial charge in [0.15, 0.2) is 18.1 Å². The van der Waals surface area contributed by atoms with E-state index in [1.165, 1.54) is 19.2 Å². The third kappa shape index (κ3) is 5.30. The molecule has 152 valence electrons. The highest BCUT2D eigenvalue weighted by atomic mass is 35.5. The quantitative estimate of drug-likeness (QED) is 0.554. The van der Waals surface area contributed by atoms with Crippen LogP contribution in [0, 0.1) is 0 Å². The van der Waals surface area contributed by atoms with Gasteiger partial charge in [-0.05, 0) is 35.7 Å². The Bertz CT molecular complexity index is 937. The second-order valence-corrected chi connectivity index (χ2v) is 7.50. The number of primary amides is 1. The van der Waals surface area contributed by atoms with Crippen molar-refractivity contribution in [2.75, 3.05) is 13.7 Å². The first kappa shape index (κ1) is 20.8. The molecule has 0 saturated carbocycles. The lowest BCUT2D eigenvalue weighted by Crippen LogP contribution is -2.29. The molecular formula is C20H19ClN2O5S. The van der Waals surface area contributed by atoms with Crippen LogP contribution in [0.1, 0.15) is 21.0 Å². The van der Waals surface area contributed by atoms with Crippen molar-refractivity contribution < 1.29 is 23.5 Å². The Morgan fingerprint density at radius 2 is 2.07 bits per heavy atom. The summed E-state index contributed by atoms with van der Waals surface area (Å²) >= 11 is 7.85. The van der Waals surface area contributed by atoms with Gasteiger partial charge in [0.2, 0.25) is 0 Å². The van der Waals surface area contributed by atoms with Crippen molar-refractivity contribution in [2.45, 2.75) is 13.1 Å². The van der Waals surface area contributed by atoms with Crippen LogP contribution in [-0.2, 0) is 17.9 Å². The number of furan rings is 1. The summed E-state index contributed by atoms with van der Waals surface area (Å²) in [6.07, 6.45) is 1.56. The highest BCUT2D eigenvalue weighted by molar-refractivity contribution is 7.09. The van der Waals surface area contributed by atoms with Crippen molar-refractivity contribution in [3.05, 3.63) is 69.3 Å². The fourth-order valence-electron chi connectivity index (χ4n) is 2.69. The number of benzene rings is 1. The van der Waals surface area contributed by atoms with Gasteiger partial charge >= 0.3 is 0 Å². The number of carbonyl (C=O) groups excluding carboxylic acids is 2. The molecule has 0 aliphatic heterocycles. The molecule has 2 N–H and O–H groups in total. The lowest BCUT2D eigenvalue weighted by molar-refractivity contribution is -0.119. The van der Waals surface area contributed by atoms with Crippen LogP contribution in [0.5, 0.6) is 11.5 Å². The van der Waals surface area contributed by atoms with Crippen molar-refractivity contribution >= 4 is 34.8 Å². The van der Waals surface area contributed by atoms with Gasteiger partial charge in [0.25, 0.3) is 11.8 Å². The van der Waals surface area contributed by atoms with E-state index in [4.69, 9.17) is 31.2 Å². The summed E-state index contributed by atoms with van der Waals surface area (Å²) in [6, 6.07) is 10.5. The van der Waals surface area contributed by atoms with E-state index in [1.54, 1.807) is 28.6 Å². The molecule has 0 aliphatic rings. The normalized spacial score (nSPS) is 10.6. The van der Waals surface area contributed by atoms with Gasteiger partial charge in [-0.1, -0.05) is 17.7 Å². The predicted molar refractivity (Wildman–Crippen MR) is 109 cm³/mol. The highest BCUT2D eigenvalue weighted by Gasteiger charge is 2.22. The standard InChI is InChI=1S/C20H19ClN2O5S/c1-26-17-9-13(8-16(21)19(17)28-12-18(22)24)20(25)23(10-14-4-2-6-27-14)11-15-5-3-7-29-15/h2-9H,10-12H2,1H3,(H2,22,24). The molecule has 2 heterocycles. The van der Waals surface area contributed by atoms with Crippen LogP contribution < -0.4 is 15.2 Å². The van der Waals surface area contributed by atoms with Crippen molar-refractivity contribution in [3.8, 4) is 11.5 Å². The van der Waals surface area contributed by atoms with Crippen molar-refractivity contribution in [2.24, 2.45) is 5.73 Å². The van der Waals surface area contributed by atoms with E-state index < -0.39 is 5.91 Å². The maximum atomic E-state index is 13.3. The first-order chi connectivity index (χ1) is 14.0. The van der Waals surface area contributed by atoms with E-state index in [0.717, 1.165) is 4.88 Å².